The Kier molecular flexibility index (Phi) is 6.07. The van der Waals surface area contributed by atoms with Gasteiger partial charge in [0.2, 0.25) is 11.8 Å². The zero-order valence-corrected chi connectivity index (χ0v) is 18.1. The van der Waals surface area contributed by atoms with Crippen molar-refractivity contribution < 1.29 is 14.4 Å². The molecule has 0 spiro atoms. The second kappa shape index (κ2) is 8.92. The molecule has 2 N–H and O–H groups in total. The van der Waals surface area contributed by atoms with E-state index in [0.29, 0.717) is 12.3 Å². The molecule has 2 aromatic carbocycles. The Hall–Kier alpha value is -3.15. The van der Waals surface area contributed by atoms with Gasteiger partial charge in [-0.05, 0) is 42.9 Å². The maximum Gasteiger partial charge on any atom is 0.253 e. The summed E-state index contributed by atoms with van der Waals surface area (Å²) in [7, 11) is 1.72. The summed E-state index contributed by atoms with van der Waals surface area (Å²) >= 11 is 0. The number of nitrogens with zero attached hydrogens (tertiary/aromatic N) is 1. The van der Waals surface area contributed by atoms with Crippen LogP contribution in [0.25, 0.3) is 11.1 Å². The van der Waals surface area contributed by atoms with Crippen LogP contribution >= 0.6 is 0 Å². The van der Waals surface area contributed by atoms with Crippen LogP contribution in [0, 0.1) is 5.92 Å². The highest BCUT2D eigenvalue weighted by Gasteiger charge is 2.34. The van der Waals surface area contributed by atoms with Gasteiger partial charge in [-0.1, -0.05) is 55.3 Å². The van der Waals surface area contributed by atoms with E-state index in [-0.39, 0.29) is 17.7 Å². The Labute approximate surface area is 183 Å². The molecule has 0 saturated heterocycles. The van der Waals surface area contributed by atoms with E-state index >= 15 is 0 Å². The molecule has 6 heteroatoms. The molecule has 2 aromatic rings. The van der Waals surface area contributed by atoms with Crippen molar-refractivity contribution in [3.8, 4) is 11.1 Å². The lowest BCUT2D eigenvalue weighted by molar-refractivity contribution is -0.131. The molecule has 1 fully saturated rings. The van der Waals surface area contributed by atoms with Gasteiger partial charge in [0.05, 0.1) is 5.69 Å². The number of fused-ring (bicyclic) bond motifs is 3. The van der Waals surface area contributed by atoms with E-state index in [0.717, 1.165) is 35.2 Å². The monoisotopic (exact) mass is 419 g/mol. The summed E-state index contributed by atoms with van der Waals surface area (Å²) in [4.78, 5) is 40.2. The molecular formula is C25H29N3O3. The van der Waals surface area contributed by atoms with Gasteiger partial charge in [-0.2, -0.15) is 0 Å². The number of rotatable bonds is 5. The van der Waals surface area contributed by atoms with Gasteiger partial charge in [-0.3, -0.25) is 14.4 Å². The molecule has 0 aromatic heterocycles. The Morgan fingerprint density at radius 2 is 1.68 bits per heavy atom. The van der Waals surface area contributed by atoms with E-state index < -0.39 is 12.1 Å². The number of likely N-dealkylation sites (N-methyl/N-ethyl adjacent to an activating group) is 1. The highest BCUT2D eigenvalue weighted by atomic mass is 16.2. The largest absolute Gasteiger partial charge is 0.345 e. The van der Waals surface area contributed by atoms with Crippen LogP contribution in [-0.4, -0.2) is 30.8 Å². The van der Waals surface area contributed by atoms with Crippen LogP contribution in [0.3, 0.4) is 0 Å². The normalized spacial score (nSPS) is 19.2. The lowest BCUT2D eigenvalue weighted by Crippen LogP contribution is -2.49. The van der Waals surface area contributed by atoms with Crippen molar-refractivity contribution in [3.05, 3.63) is 54.1 Å². The van der Waals surface area contributed by atoms with Crippen molar-refractivity contribution >= 4 is 23.4 Å². The molecule has 2 unspecified atom stereocenters. The van der Waals surface area contributed by atoms with E-state index in [4.69, 9.17) is 0 Å². The van der Waals surface area contributed by atoms with E-state index in [9.17, 15) is 14.4 Å². The highest BCUT2D eigenvalue weighted by Crippen LogP contribution is 2.39. The Balaban J connectivity index is 1.53. The fraction of sp³-hybridized carbons (Fsp3) is 0.400. The van der Waals surface area contributed by atoms with Crippen molar-refractivity contribution in [2.45, 2.75) is 51.1 Å². The number of para-hydroxylation sites is 1. The van der Waals surface area contributed by atoms with Crippen LogP contribution in [0.2, 0.25) is 0 Å². The number of hydrogen-bond donors (Lipinski definition) is 2. The molecule has 0 bridgehead atoms. The minimum atomic E-state index is -0.824. The third-order valence-electron chi connectivity index (χ3n) is 6.41. The summed E-state index contributed by atoms with van der Waals surface area (Å²) in [6.07, 6.45) is 4.96. The second-order valence-electron chi connectivity index (χ2n) is 8.59. The van der Waals surface area contributed by atoms with Gasteiger partial charge in [0.1, 0.15) is 12.1 Å². The van der Waals surface area contributed by atoms with Gasteiger partial charge in [0, 0.05) is 19.0 Å². The van der Waals surface area contributed by atoms with E-state index in [2.05, 4.69) is 10.6 Å². The fourth-order valence-corrected chi connectivity index (χ4v) is 4.68. The highest BCUT2D eigenvalue weighted by molar-refractivity contribution is 6.06. The maximum absolute atomic E-state index is 13.3. The van der Waals surface area contributed by atoms with Crippen LogP contribution in [0.15, 0.2) is 48.5 Å². The average molecular weight is 420 g/mol. The van der Waals surface area contributed by atoms with Gasteiger partial charge in [0.25, 0.3) is 5.91 Å². The fourth-order valence-electron chi connectivity index (χ4n) is 4.68. The molecule has 1 saturated carbocycles. The molecular weight excluding hydrogens is 390 g/mol. The number of amides is 3. The summed E-state index contributed by atoms with van der Waals surface area (Å²) in [5.74, 6) is -0.271. The molecule has 31 heavy (non-hydrogen) atoms. The molecule has 1 aliphatic carbocycles. The van der Waals surface area contributed by atoms with Crippen molar-refractivity contribution in [1.82, 2.24) is 10.6 Å². The summed E-state index contributed by atoms with van der Waals surface area (Å²) in [5, 5.41) is 5.69. The van der Waals surface area contributed by atoms with Crippen LogP contribution in [0.1, 0.15) is 50.6 Å². The van der Waals surface area contributed by atoms with Crippen LogP contribution in [-0.2, 0) is 14.4 Å². The Morgan fingerprint density at radius 3 is 2.42 bits per heavy atom. The first-order valence-corrected chi connectivity index (χ1v) is 11.0. The molecule has 3 amide bonds. The zero-order valence-electron chi connectivity index (χ0n) is 18.1. The first-order chi connectivity index (χ1) is 15.0. The SMILES string of the molecule is CC(NC(=O)CC1CCCC1)C(=O)NC1C(=O)N(C)c2ccccc2-c2ccccc21. The van der Waals surface area contributed by atoms with Gasteiger partial charge in [0.15, 0.2) is 0 Å². The van der Waals surface area contributed by atoms with Crippen molar-refractivity contribution in [2.75, 3.05) is 11.9 Å². The second-order valence-corrected chi connectivity index (χ2v) is 8.59. The quantitative estimate of drug-likeness (QED) is 0.778. The topological polar surface area (TPSA) is 78.5 Å². The van der Waals surface area contributed by atoms with Crippen molar-refractivity contribution in [3.63, 3.8) is 0 Å². The Morgan fingerprint density at radius 1 is 1.03 bits per heavy atom. The third kappa shape index (κ3) is 4.33. The van der Waals surface area contributed by atoms with Gasteiger partial charge in [-0.25, -0.2) is 0 Å². The lowest BCUT2D eigenvalue weighted by atomic mass is 9.95. The molecule has 6 nitrogen and oxygen atoms in total. The third-order valence-corrected chi connectivity index (χ3v) is 6.41. The summed E-state index contributed by atoms with van der Waals surface area (Å²) in [5.41, 5.74) is 3.42. The minimum absolute atomic E-state index is 0.105. The predicted molar refractivity (Wildman–Crippen MR) is 120 cm³/mol. The first-order valence-electron chi connectivity index (χ1n) is 11.0. The Bertz CT molecular complexity index is 997. The van der Waals surface area contributed by atoms with E-state index in [1.807, 2.05) is 48.5 Å². The molecule has 162 valence electrons. The molecule has 0 radical (unpaired) electrons. The standard InChI is InChI=1S/C25H29N3O3/c1-16(26-22(29)15-17-9-3-4-10-17)24(30)27-23-20-13-6-5-11-18(20)19-12-7-8-14-21(19)28(2)25(23)31/h5-8,11-14,16-17,23H,3-4,9-10,15H2,1-2H3,(H,26,29)(H,27,30). The van der Waals surface area contributed by atoms with Gasteiger partial charge < -0.3 is 15.5 Å². The van der Waals surface area contributed by atoms with Crippen LogP contribution < -0.4 is 15.5 Å². The number of benzene rings is 2. The summed E-state index contributed by atoms with van der Waals surface area (Å²) in [6.45, 7) is 1.66. The predicted octanol–water partition coefficient (Wildman–Crippen LogP) is 3.57. The number of anilines is 1. The van der Waals surface area contributed by atoms with Gasteiger partial charge >= 0.3 is 0 Å². The summed E-state index contributed by atoms with van der Waals surface area (Å²) in [6, 6.07) is 13.8. The van der Waals surface area contributed by atoms with Crippen LogP contribution in [0.4, 0.5) is 5.69 Å². The van der Waals surface area contributed by atoms with Crippen molar-refractivity contribution in [1.29, 1.82) is 0 Å². The first kappa shape index (κ1) is 21.1. The van der Waals surface area contributed by atoms with E-state index in [1.54, 1.807) is 18.9 Å². The average Bonchev–Trinajstić information content (AvgIpc) is 3.26. The molecule has 1 heterocycles. The molecule has 4 rings (SSSR count). The number of carbonyl (C=O) groups excluding carboxylic acids is 3. The smallest absolute Gasteiger partial charge is 0.253 e. The molecule has 1 aliphatic heterocycles. The number of hydrogen-bond acceptors (Lipinski definition) is 3. The maximum atomic E-state index is 13.3. The van der Waals surface area contributed by atoms with Crippen LogP contribution in [0.5, 0.6) is 0 Å². The van der Waals surface area contributed by atoms with E-state index in [1.165, 1.54) is 12.8 Å². The lowest BCUT2D eigenvalue weighted by Gasteiger charge is -2.24. The van der Waals surface area contributed by atoms with Crippen molar-refractivity contribution in [2.24, 2.45) is 5.92 Å². The minimum Gasteiger partial charge on any atom is -0.345 e. The number of nitrogens with one attached hydrogen (secondary N) is 2. The zero-order chi connectivity index (χ0) is 22.0. The molecule has 2 atom stereocenters. The molecule has 2 aliphatic rings. The number of carbonyl (C=O) groups is 3. The van der Waals surface area contributed by atoms with Gasteiger partial charge in [-0.15, -0.1) is 0 Å². The summed E-state index contributed by atoms with van der Waals surface area (Å²) < 4.78 is 0.